The summed E-state index contributed by atoms with van der Waals surface area (Å²) in [5, 5.41) is 0. The zero-order chi connectivity index (χ0) is 10.6. The molecule has 0 bridgehead atoms. The highest BCUT2D eigenvalue weighted by Crippen LogP contribution is 2.12. The molecule has 0 aromatic rings. The van der Waals surface area contributed by atoms with Crippen LogP contribution in [0, 0.1) is 5.92 Å². The minimum Gasteiger partial charge on any atom is -0.103 e. The average Bonchev–Trinajstić information content (AvgIpc) is 2.21. The van der Waals surface area contributed by atoms with Gasteiger partial charge in [-0.2, -0.15) is 0 Å². The molecule has 0 N–H and O–H groups in total. The Bertz CT molecular complexity index is 196. The summed E-state index contributed by atoms with van der Waals surface area (Å²) in [6, 6.07) is 0. The van der Waals surface area contributed by atoms with Gasteiger partial charge in [-0.05, 0) is 18.8 Å². The van der Waals surface area contributed by atoms with Crippen LogP contribution in [0.25, 0.3) is 0 Å². The Morgan fingerprint density at radius 3 is 2.57 bits per heavy atom. The highest BCUT2D eigenvalue weighted by molar-refractivity contribution is 5.06. The molecule has 0 saturated heterocycles. The van der Waals surface area contributed by atoms with E-state index in [-0.39, 0.29) is 0 Å². The molecule has 1 atom stereocenters. The van der Waals surface area contributed by atoms with Gasteiger partial charge in [0.15, 0.2) is 0 Å². The van der Waals surface area contributed by atoms with Crippen molar-refractivity contribution in [3.05, 3.63) is 49.6 Å². The quantitative estimate of drug-likeness (QED) is 0.385. The summed E-state index contributed by atoms with van der Waals surface area (Å²) in [7, 11) is 0. The molecule has 0 aromatic carbocycles. The van der Waals surface area contributed by atoms with Gasteiger partial charge in [-0.25, -0.2) is 0 Å². The monoisotopic (exact) mass is 190 g/mol. The Labute approximate surface area is 88.7 Å². The molecule has 0 amide bonds. The fourth-order valence-electron chi connectivity index (χ4n) is 1.27. The van der Waals surface area contributed by atoms with Crippen molar-refractivity contribution in [2.24, 2.45) is 5.92 Å². The van der Waals surface area contributed by atoms with E-state index in [4.69, 9.17) is 0 Å². The van der Waals surface area contributed by atoms with E-state index >= 15 is 0 Å². The van der Waals surface area contributed by atoms with E-state index < -0.39 is 0 Å². The third kappa shape index (κ3) is 7.60. The second-order valence-corrected chi connectivity index (χ2v) is 3.38. The van der Waals surface area contributed by atoms with Crippen molar-refractivity contribution in [3.8, 4) is 0 Å². The predicted octanol–water partition coefficient (Wildman–Crippen LogP) is 4.67. The van der Waals surface area contributed by atoms with Crippen LogP contribution in [-0.2, 0) is 0 Å². The van der Waals surface area contributed by atoms with E-state index in [0.717, 1.165) is 6.42 Å². The highest BCUT2D eigenvalue weighted by Gasteiger charge is 1.97. The molecular weight excluding hydrogens is 168 g/mol. The summed E-state index contributed by atoms with van der Waals surface area (Å²) in [6.07, 6.45) is 17.2. The minimum absolute atomic E-state index is 0.563. The van der Waals surface area contributed by atoms with Gasteiger partial charge in [-0.3, -0.25) is 0 Å². The fourth-order valence-corrected chi connectivity index (χ4v) is 1.27. The molecule has 0 spiro atoms. The molecule has 14 heavy (non-hydrogen) atoms. The SMILES string of the molecule is C=CC=CC(C=CCC=C)CCCC. The van der Waals surface area contributed by atoms with Gasteiger partial charge in [-0.1, -0.05) is 62.8 Å². The maximum atomic E-state index is 3.70. The van der Waals surface area contributed by atoms with Crippen molar-refractivity contribution in [3.63, 3.8) is 0 Å². The first-order valence-corrected chi connectivity index (χ1v) is 5.42. The van der Waals surface area contributed by atoms with E-state index in [0.29, 0.717) is 5.92 Å². The Kier molecular flexibility index (Phi) is 9.30. The van der Waals surface area contributed by atoms with Crippen molar-refractivity contribution < 1.29 is 0 Å². The molecule has 0 rings (SSSR count). The molecule has 0 fully saturated rings. The average molecular weight is 190 g/mol. The predicted molar refractivity (Wildman–Crippen MR) is 66.3 cm³/mol. The third-order valence-corrected chi connectivity index (χ3v) is 2.07. The van der Waals surface area contributed by atoms with Gasteiger partial charge < -0.3 is 0 Å². The van der Waals surface area contributed by atoms with Gasteiger partial charge in [0.1, 0.15) is 0 Å². The van der Waals surface area contributed by atoms with Crippen LogP contribution in [0.5, 0.6) is 0 Å². The molecule has 0 saturated carbocycles. The van der Waals surface area contributed by atoms with Gasteiger partial charge in [0.05, 0.1) is 0 Å². The largest absolute Gasteiger partial charge is 0.103 e. The summed E-state index contributed by atoms with van der Waals surface area (Å²) in [5.41, 5.74) is 0. The first kappa shape index (κ1) is 13.0. The molecular formula is C14H22. The van der Waals surface area contributed by atoms with Crippen LogP contribution in [-0.4, -0.2) is 0 Å². The van der Waals surface area contributed by atoms with E-state index in [2.05, 4.69) is 38.3 Å². The van der Waals surface area contributed by atoms with Crippen molar-refractivity contribution in [1.29, 1.82) is 0 Å². The van der Waals surface area contributed by atoms with Crippen LogP contribution in [0.4, 0.5) is 0 Å². The van der Waals surface area contributed by atoms with Gasteiger partial charge in [0, 0.05) is 0 Å². The Morgan fingerprint density at radius 1 is 1.21 bits per heavy atom. The number of allylic oxidation sites excluding steroid dienone is 6. The van der Waals surface area contributed by atoms with Crippen LogP contribution < -0.4 is 0 Å². The Balaban J connectivity index is 4.01. The number of hydrogen-bond acceptors (Lipinski definition) is 0. The first-order chi connectivity index (χ1) is 6.85. The molecule has 0 heteroatoms. The normalized spacial score (nSPS) is 13.5. The summed E-state index contributed by atoms with van der Waals surface area (Å²) in [4.78, 5) is 0. The van der Waals surface area contributed by atoms with E-state index in [1.807, 2.05) is 18.2 Å². The Hall–Kier alpha value is -1.04. The maximum absolute atomic E-state index is 3.70. The second kappa shape index (κ2) is 10.0. The van der Waals surface area contributed by atoms with Crippen LogP contribution in [0.15, 0.2) is 49.6 Å². The Morgan fingerprint density at radius 2 is 2.00 bits per heavy atom. The third-order valence-electron chi connectivity index (χ3n) is 2.07. The lowest BCUT2D eigenvalue weighted by Crippen LogP contribution is -1.91. The lowest BCUT2D eigenvalue weighted by molar-refractivity contribution is 0.641. The van der Waals surface area contributed by atoms with Crippen molar-refractivity contribution in [2.45, 2.75) is 32.6 Å². The van der Waals surface area contributed by atoms with Gasteiger partial charge in [0.25, 0.3) is 0 Å². The van der Waals surface area contributed by atoms with Crippen molar-refractivity contribution >= 4 is 0 Å². The number of rotatable bonds is 8. The van der Waals surface area contributed by atoms with Crippen LogP contribution in [0.3, 0.4) is 0 Å². The molecule has 0 aliphatic heterocycles. The fraction of sp³-hybridized carbons (Fsp3) is 0.429. The topological polar surface area (TPSA) is 0 Å². The minimum atomic E-state index is 0.563. The lowest BCUT2D eigenvalue weighted by atomic mass is 10.0. The van der Waals surface area contributed by atoms with Crippen molar-refractivity contribution in [1.82, 2.24) is 0 Å². The molecule has 0 aliphatic carbocycles. The van der Waals surface area contributed by atoms with Gasteiger partial charge >= 0.3 is 0 Å². The van der Waals surface area contributed by atoms with E-state index in [9.17, 15) is 0 Å². The molecule has 0 radical (unpaired) electrons. The highest BCUT2D eigenvalue weighted by atomic mass is 14.0. The summed E-state index contributed by atoms with van der Waals surface area (Å²) in [5.74, 6) is 0.563. The summed E-state index contributed by atoms with van der Waals surface area (Å²) in [6.45, 7) is 9.60. The molecule has 0 nitrogen and oxygen atoms in total. The van der Waals surface area contributed by atoms with Gasteiger partial charge in [-0.15, -0.1) is 6.58 Å². The molecule has 0 aromatic heterocycles. The maximum Gasteiger partial charge on any atom is -0.00503 e. The smallest absolute Gasteiger partial charge is 0.00503 e. The zero-order valence-electron chi connectivity index (χ0n) is 9.28. The molecule has 78 valence electrons. The zero-order valence-corrected chi connectivity index (χ0v) is 9.28. The van der Waals surface area contributed by atoms with E-state index in [1.165, 1.54) is 19.3 Å². The van der Waals surface area contributed by atoms with Crippen LogP contribution >= 0.6 is 0 Å². The molecule has 0 heterocycles. The lowest BCUT2D eigenvalue weighted by Gasteiger charge is -2.05. The van der Waals surface area contributed by atoms with Crippen LogP contribution in [0.1, 0.15) is 32.6 Å². The number of unbranched alkanes of at least 4 members (excludes halogenated alkanes) is 1. The first-order valence-electron chi connectivity index (χ1n) is 5.42. The molecule has 0 aliphatic rings. The van der Waals surface area contributed by atoms with Crippen LogP contribution in [0.2, 0.25) is 0 Å². The second-order valence-electron chi connectivity index (χ2n) is 3.38. The van der Waals surface area contributed by atoms with Gasteiger partial charge in [0.2, 0.25) is 0 Å². The van der Waals surface area contributed by atoms with Crippen molar-refractivity contribution in [2.75, 3.05) is 0 Å². The summed E-state index contributed by atoms with van der Waals surface area (Å²) >= 11 is 0. The summed E-state index contributed by atoms with van der Waals surface area (Å²) < 4.78 is 0. The van der Waals surface area contributed by atoms with E-state index in [1.54, 1.807) is 0 Å². The molecule has 1 unspecified atom stereocenters. The standard InChI is InChI=1S/C14H22/c1-4-7-10-13-14(11-8-5-2)12-9-6-3/h4-5,8,10-11,13-14H,1-2,6-7,9,12H2,3H3. The number of hydrogen-bond donors (Lipinski definition) is 0.